The molecule has 0 fully saturated rings. The minimum atomic E-state index is -0.201. The van der Waals surface area contributed by atoms with Crippen molar-refractivity contribution in [1.82, 2.24) is 5.32 Å². The number of amides is 1. The van der Waals surface area contributed by atoms with Crippen LogP contribution in [0.5, 0.6) is 0 Å². The summed E-state index contributed by atoms with van der Waals surface area (Å²) in [6, 6.07) is 5.27. The zero-order chi connectivity index (χ0) is 25.8. The third-order valence-electron chi connectivity index (χ3n) is 5.51. The van der Waals surface area contributed by atoms with Gasteiger partial charge in [0.2, 0.25) is 5.91 Å². The molecule has 0 heterocycles. The monoisotopic (exact) mass is 471 g/mol. The van der Waals surface area contributed by atoms with E-state index in [-0.39, 0.29) is 66.6 Å². The van der Waals surface area contributed by atoms with Crippen molar-refractivity contribution in [3.63, 3.8) is 0 Å². The van der Waals surface area contributed by atoms with Crippen LogP contribution in [0.3, 0.4) is 0 Å². The Hall–Kier alpha value is -2.63. The molecule has 0 radical (unpaired) electrons. The quantitative estimate of drug-likeness (QED) is 0.278. The summed E-state index contributed by atoms with van der Waals surface area (Å²) in [6.45, 7) is 11.7. The Morgan fingerprint density at radius 2 is 1.29 bits per heavy atom. The molecule has 0 aliphatic heterocycles. The van der Waals surface area contributed by atoms with Crippen LogP contribution in [0.4, 0.5) is 0 Å². The lowest BCUT2D eigenvalue weighted by molar-refractivity contribution is -0.125. The van der Waals surface area contributed by atoms with Crippen LogP contribution in [0.15, 0.2) is 18.2 Å². The lowest BCUT2D eigenvalue weighted by Gasteiger charge is -2.11. The van der Waals surface area contributed by atoms with Gasteiger partial charge in [-0.15, -0.1) is 0 Å². The molecule has 1 amide bonds. The van der Waals surface area contributed by atoms with Gasteiger partial charge in [0, 0.05) is 62.5 Å². The molecule has 0 bridgehead atoms. The third-order valence-corrected chi connectivity index (χ3v) is 5.51. The van der Waals surface area contributed by atoms with Gasteiger partial charge in [0.15, 0.2) is 5.78 Å². The summed E-state index contributed by atoms with van der Waals surface area (Å²) in [4.78, 5) is 61.1. The lowest BCUT2D eigenvalue weighted by atomic mass is 9.92. The highest BCUT2D eigenvalue weighted by molar-refractivity contribution is 5.98. The Morgan fingerprint density at radius 1 is 0.735 bits per heavy atom. The standard InChI is InChI=1S/C28H41NO5/c1-18(2)12-27(33)29-11-7-8-24(30)16-21-13-22(15-23(14-21)28(34)20(5)6)17-25(31)9-10-26(32)19(3)4/h13-15,18-20H,7-12,16-17H2,1-6H3,(H,29,33). The van der Waals surface area contributed by atoms with Crippen LogP contribution in [0, 0.1) is 17.8 Å². The van der Waals surface area contributed by atoms with E-state index in [9.17, 15) is 24.0 Å². The molecule has 0 aliphatic rings. The molecule has 0 spiro atoms. The fourth-order valence-corrected chi connectivity index (χ4v) is 3.58. The van der Waals surface area contributed by atoms with Crippen LogP contribution in [0.25, 0.3) is 0 Å². The summed E-state index contributed by atoms with van der Waals surface area (Å²) < 4.78 is 0. The highest BCUT2D eigenvalue weighted by Crippen LogP contribution is 2.18. The summed E-state index contributed by atoms with van der Waals surface area (Å²) in [7, 11) is 0. The average Bonchev–Trinajstić information content (AvgIpc) is 2.73. The van der Waals surface area contributed by atoms with Crippen molar-refractivity contribution in [3.8, 4) is 0 Å². The van der Waals surface area contributed by atoms with Gasteiger partial charge in [-0.25, -0.2) is 0 Å². The summed E-state index contributed by atoms with van der Waals surface area (Å²) >= 11 is 0. The summed E-state index contributed by atoms with van der Waals surface area (Å²) in [6.07, 6.45) is 2.06. The van der Waals surface area contributed by atoms with E-state index in [1.54, 1.807) is 12.1 Å². The normalized spacial score (nSPS) is 11.2. The van der Waals surface area contributed by atoms with Crippen molar-refractivity contribution in [2.75, 3.05) is 6.54 Å². The Kier molecular flexibility index (Phi) is 12.6. The number of hydrogen-bond donors (Lipinski definition) is 1. The summed E-state index contributed by atoms with van der Waals surface area (Å²) in [5.41, 5.74) is 1.90. The zero-order valence-electron chi connectivity index (χ0n) is 21.7. The maximum Gasteiger partial charge on any atom is 0.220 e. The molecule has 0 saturated heterocycles. The van der Waals surface area contributed by atoms with Crippen LogP contribution < -0.4 is 5.32 Å². The molecule has 1 aromatic carbocycles. The maximum atomic E-state index is 12.6. The smallest absolute Gasteiger partial charge is 0.220 e. The average molecular weight is 472 g/mol. The molecule has 6 nitrogen and oxygen atoms in total. The van der Waals surface area contributed by atoms with Crippen LogP contribution in [-0.4, -0.2) is 35.6 Å². The van der Waals surface area contributed by atoms with Crippen LogP contribution in [0.1, 0.15) is 95.1 Å². The first-order chi connectivity index (χ1) is 15.9. The molecule has 6 heteroatoms. The number of Topliss-reactive ketones (excluding diaryl/α,β-unsaturated/α-hetero) is 4. The fourth-order valence-electron chi connectivity index (χ4n) is 3.58. The van der Waals surface area contributed by atoms with Gasteiger partial charge in [-0.3, -0.25) is 24.0 Å². The molecule has 0 aromatic heterocycles. The summed E-state index contributed by atoms with van der Waals surface area (Å²) in [5.74, 6) is -0.0289. The topological polar surface area (TPSA) is 97.4 Å². The third kappa shape index (κ3) is 11.5. The van der Waals surface area contributed by atoms with Gasteiger partial charge in [-0.2, -0.15) is 0 Å². The number of nitrogens with one attached hydrogen (secondary N) is 1. The Balaban J connectivity index is 2.79. The van der Waals surface area contributed by atoms with Gasteiger partial charge >= 0.3 is 0 Å². The fraction of sp³-hybridized carbons (Fsp3) is 0.607. The number of hydrogen-bond acceptors (Lipinski definition) is 5. The number of ketones is 4. The van der Waals surface area contributed by atoms with Gasteiger partial charge in [0.05, 0.1) is 0 Å². The minimum absolute atomic E-state index is 0.00764. The zero-order valence-corrected chi connectivity index (χ0v) is 21.7. The van der Waals surface area contributed by atoms with Crippen molar-refractivity contribution >= 4 is 29.0 Å². The number of carbonyl (C=O) groups excluding carboxylic acids is 5. The predicted octanol–water partition coefficient (Wildman–Crippen LogP) is 4.70. The van der Waals surface area contributed by atoms with E-state index in [2.05, 4.69) is 5.32 Å². The SMILES string of the molecule is CC(C)CC(=O)NCCCC(=O)Cc1cc(CC(=O)CCC(=O)C(C)C)cc(C(=O)C(C)C)c1. The van der Waals surface area contributed by atoms with Crippen molar-refractivity contribution in [2.45, 2.75) is 86.5 Å². The molecule has 0 unspecified atom stereocenters. The number of rotatable bonds is 16. The molecule has 0 atom stereocenters. The van der Waals surface area contributed by atoms with Gasteiger partial charge in [0.25, 0.3) is 0 Å². The van der Waals surface area contributed by atoms with E-state index in [0.717, 1.165) is 0 Å². The van der Waals surface area contributed by atoms with Gasteiger partial charge in [-0.1, -0.05) is 47.6 Å². The van der Waals surface area contributed by atoms with E-state index >= 15 is 0 Å². The Bertz CT molecular complexity index is 883. The lowest BCUT2D eigenvalue weighted by Crippen LogP contribution is -2.26. The van der Waals surface area contributed by atoms with Crippen molar-refractivity contribution in [1.29, 1.82) is 0 Å². The van der Waals surface area contributed by atoms with E-state index in [1.165, 1.54) is 0 Å². The molecular weight excluding hydrogens is 430 g/mol. The van der Waals surface area contributed by atoms with E-state index < -0.39 is 0 Å². The minimum Gasteiger partial charge on any atom is -0.356 e. The molecule has 34 heavy (non-hydrogen) atoms. The Labute approximate surface area is 204 Å². The molecule has 0 saturated carbocycles. The van der Waals surface area contributed by atoms with Crippen molar-refractivity contribution in [2.24, 2.45) is 17.8 Å². The van der Waals surface area contributed by atoms with E-state index in [1.807, 2.05) is 47.6 Å². The first-order valence-corrected chi connectivity index (χ1v) is 12.4. The van der Waals surface area contributed by atoms with Crippen molar-refractivity contribution < 1.29 is 24.0 Å². The molecule has 0 aliphatic carbocycles. The highest BCUT2D eigenvalue weighted by Gasteiger charge is 2.16. The van der Waals surface area contributed by atoms with Gasteiger partial charge in [0.1, 0.15) is 17.3 Å². The van der Waals surface area contributed by atoms with Crippen molar-refractivity contribution in [3.05, 3.63) is 34.9 Å². The second kappa shape index (κ2) is 14.6. The van der Waals surface area contributed by atoms with Gasteiger partial charge < -0.3 is 5.32 Å². The van der Waals surface area contributed by atoms with Crippen LogP contribution in [0.2, 0.25) is 0 Å². The second-order valence-electron chi connectivity index (χ2n) is 10.2. The highest BCUT2D eigenvalue weighted by atomic mass is 16.2. The van der Waals surface area contributed by atoms with E-state index in [0.29, 0.717) is 48.4 Å². The maximum absolute atomic E-state index is 12.6. The molecule has 1 rings (SSSR count). The predicted molar refractivity (Wildman–Crippen MR) is 134 cm³/mol. The van der Waals surface area contributed by atoms with E-state index in [4.69, 9.17) is 0 Å². The Morgan fingerprint density at radius 3 is 1.79 bits per heavy atom. The van der Waals surface area contributed by atoms with Crippen LogP contribution >= 0.6 is 0 Å². The molecule has 188 valence electrons. The first-order valence-electron chi connectivity index (χ1n) is 12.4. The molecular formula is C28H41NO5. The largest absolute Gasteiger partial charge is 0.356 e. The second-order valence-corrected chi connectivity index (χ2v) is 10.2. The van der Waals surface area contributed by atoms with Gasteiger partial charge in [-0.05, 0) is 35.6 Å². The first kappa shape index (κ1) is 29.4. The number of carbonyl (C=O) groups is 5. The van der Waals surface area contributed by atoms with Crippen LogP contribution in [-0.2, 0) is 32.0 Å². The summed E-state index contributed by atoms with van der Waals surface area (Å²) in [5, 5.41) is 2.83. The number of benzene rings is 1. The molecule has 1 N–H and O–H groups in total. The molecule has 1 aromatic rings.